The van der Waals surface area contributed by atoms with Gasteiger partial charge >= 0.3 is 0 Å². The largest absolute Gasteiger partial charge is 0.496 e. The van der Waals surface area contributed by atoms with Crippen LogP contribution in [-0.4, -0.2) is 13.7 Å². The van der Waals surface area contributed by atoms with E-state index in [-0.39, 0.29) is 0 Å². The maximum Gasteiger partial charge on any atom is 0.123 e. The van der Waals surface area contributed by atoms with Crippen LogP contribution in [0.25, 0.3) is 0 Å². The van der Waals surface area contributed by atoms with Crippen molar-refractivity contribution in [2.45, 2.75) is 32.2 Å². The third kappa shape index (κ3) is 2.15. The van der Waals surface area contributed by atoms with Gasteiger partial charge in [-0.25, -0.2) is 0 Å². The number of aryl methyl sites for hydroxylation is 1. The highest BCUT2D eigenvalue weighted by Crippen LogP contribution is 2.31. The first-order chi connectivity index (χ1) is 7.35. The van der Waals surface area contributed by atoms with Crippen LogP contribution < -0.4 is 10.1 Å². The summed E-state index contributed by atoms with van der Waals surface area (Å²) in [5.41, 5.74) is 2.72. The van der Waals surface area contributed by atoms with Gasteiger partial charge in [0.25, 0.3) is 0 Å². The molecule has 1 aromatic carbocycles. The van der Waals surface area contributed by atoms with Crippen molar-refractivity contribution in [3.8, 4) is 5.75 Å². The van der Waals surface area contributed by atoms with Gasteiger partial charge in [-0.15, -0.1) is 0 Å². The van der Waals surface area contributed by atoms with Crippen molar-refractivity contribution in [3.05, 3.63) is 29.3 Å². The Labute approximate surface area is 91.6 Å². The summed E-state index contributed by atoms with van der Waals surface area (Å²) in [5, 5.41) is 3.52. The number of nitrogens with one attached hydrogen (secondary N) is 1. The molecule has 0 saturated carbocycles. The van der Waals surface area contributed by atoms with Gasteiger partial charge in [-0.2, -0.15) is 0 Å². The lowest BCUT2D eigenvalue weighted by Gasteiger charge is -2.16. The van der Waals surface area contributed by atoms with Gasteiger partial charge in [0.2, 0.25) is 0 Å². The topological polar surface area (TPSA) is 21.3 Å². The molecule has 1 aliphatic heterocycles. The van der Waals surface area contributed by atoms with E-state index in [1.54, 1.807) is 7.11 Å². The highest BCUT2D eigenvalue weighted by Gasteiger charge is 2.19. The van der Waals surface area contributed by atoms with Gasteiger partial charge in [0.1, 0.15) is 5.75 Å². The van der Waals surface area contributed by atoms with Gasteiger partial charge in [-0.3, -0.25) is 0 Å². The minimum atomic E-state index is 0.492. The van der Waals surface area contributed by atoms with Crippen LogP contribution in [0.15, 0.2) is 18.2 Å². The van der Waals surface area contributed by atoms with E-state index in [0.29, 0.717) is 6.04 Å². The summed E-state index contributed by atoms with van der Waals surface area (Å²) < 4.78 is 5.42. The molecule has 2 nitrogen and oxygen atoms in total. The van der Waals surface area contributed by atoms with E-state index in [1.165, 1.54) is 24.0 Å². The molecule has 1 fully saturated rings. The van der Waals surface area contributed by atoms with Crippen molar-refractivity contribution in [2.24, 2.45) is 0 Å². The lowest BCUT2D eigenvalue weighted by atomic mass is 10.0. The average Bonchev–Trinajstić information content (AvgIpc) is 2.81. The number of hydrogen-bond donors (Lipinski definition) is 1. The highest BCUT2D eigenvalue weighted by molar-refractivity contribution is 5.39. The van der Waals surface area contributed by atoms with Crippen LogP contribution in [0.3, 0.4) is 0 Å². The molecule has 0 aromatic heterocycles. The molecule has 1 N–H and O–H groups in total. The first-order valence-electron chi connectivity index (χ1n) is 5.75. The van der Waals surface area contributed by atoms with Crippen LogP contribution in [-0.2, 0) is 6.42 Å². The fraction of sp³-hybridized carbons (Fsp3) is 0.538. The summed E-state index contributed by atoms with van der Waals surface area (Å²) in [7, 11) is 1.75. The maximum atomic E-state index is 5.42. The Hall–Kier alpha value is -1.02. The molecule has 15 heavy (non-hydrogen) atoms. The molecule has 1 atom stereocenters. The number of benzene rings is 1. The highest BCUT2D eigenvalue weighted by atomic mass is 16.5. The fourth-order valence-electron chi connectivity index (χ4n) is 2.23. The third-order valence-corrected chi connectivity index (χ3v) is 3.14. The fourth-order valence-corrected chi connectivity index (χ4v) is 2.23. The van der Waals surface area contributed by atoms with Crippen molar-refractivity contribution in [1.29, 1.82) is 0 Å². The van der Waals surface area contributed by atoms with Crippen LogP contribution in [0.2, 0.25) is 0 Å². The van der Waals surface area contributed by atoms with E-state index in [4.69, 9.17) is 4.74 Å². The number of methoxy groups -OCH3 is 1. The van der Waals surface area contributed by atoms with E-state index in [0.717, 1.165) is 18.7 Å². The van der Waals surface area contributed by atoms with Crippen molar-refractivity contribution in [3.63, 3.8) is 0 Å². The zero-order valence-corrected chi connectivity index (χ0v) is 9.55. The Bertz CT molecular complexity index is 329. The van der Waals surface area contributed by atoms with Crippen molar-refractivity contribution in [2.75, 3.05) is 13.7 Å². The molecule has 82 valence electrons. The van der Waals surface area contributed by atoms with E-state index >= 15 is 0 Å². The maximum absolute atomic E-state index is 5.42. The quantitative estimate of drug-likeness (QED) is 0.819. The molecule has 1 heterocycles. The van der Waals surface area contributed by atoms with Crippen LogP contribution >= 0.6 is 0 Å². The minimum absolute atomic E-state index is 0.492. The van der Waals surface area contributed by atoms with Crippen molar-refractivity contribution >= 4 is 0 Å². The second-order valence-corrected chi connectivity index (χ2v) is 4.08. The predicted octanol–water partition coefficient (Wildman–Crippen LogP) is 2.68. The van der Waals surface area contributed by atoms with Crippen LogP contribution in [0.1, 0.15) is 36.9 Å². The monoisotopic (exact) mass is 205 g/mol. The van der Waals surface area contributed by atoms with E-state index < -0.39 is 0 Å². The lowest BCUT2D eigenvalue weighted by Crippen LogP contribution is -2.14. The number of hydrogen-bond acceptors (Lipinski definition) is 2. The SMILES string of the molecule is CCc1ccc(OC)c([C@@H]2CCCN2)c1. The number of ether oxygens (including phenoxy) is 1. The van der Waals surface area contributed by atoms with Gasteiger partial charge in [-0.1, -0.05) is 19.1 Å². The van der Waals surface area contributed by atoms with Gasteiger partial charge in [0.15, 0.2) is 0 Å². The Balaban J connectivity index is 2.32. The average molecular weight is 205 g/mol. The molecule has 2 rings (SSSR count). The summed E-state index contributed by atoms with van der Waals surface area (Å²) in [6.45, 7) is 3.32. The van der Waals surface area contributed by atoms with E-state index in [1.807, 2.05) is 0 Å². The lowest BCUT2D eigenvalue weighted by molar-refractivity contribution is 0.403. The molecule has 1 saturated heterocycles. The summed E-state index contributed by atoms with van der Waals surface area (Å²) in [6, 6.07) is 7.01. The first kappa shape index (κ1) is 10.5. The standard InChI is InChI=1S/C13H19NO/c1-3-10-6-7-13(15-2)11(9-10)12-5-4-8-14-12/h6-7,9,12,14H,3-5,8H2,1-2H3/t12-/m0/s1. The zero-order chi connectivity index (χ0) is 10.7. The minimum Gasteiger partial charge on any atom is -0.496 e. The van der Waals surface area contributed by atoms with Crippen LogP contribution in [0, 0.1) is 0 Å². The molecule has 0 radical (unpaired) electrons. The molecule has 0 unspecified atom stereocenters. The van der Waals surface area contributed by atoms with Crippen LogP contribution in [0.5, 0.6) is 5.75 Å². The van der Waals surface area contributed by atoms with Gasteiger partial charge < -0.3 is 10.1 Å². The molecule has 0 spiro atoms. The third-order valence-electron chi connectivity index (χ3n) is 3.14. The van der Waals surface area contributed by atoms with Gasteiger partial charge in [0, 0.05) is 11.6 Å². The Morgan fingerprint density at radius 2 is 2.33 bits per heavy atom. The molecule has 2 heteroatoms. The van der Waals surface area contributed by atoms with Crippen molar-refractivity contribution in [1.82, 2.24) is 5.32 Å². The zero-order valence-electron chi connectivity index (χ0n) is 9.55. The molecule has 1 aromatic rings. The molecular formula is C13H19NO. The van der Waals surface area contributed by atoms with E-state index in [2.05, 4.69) is 30.4 Å². The molecular weight excluding hydrogens is 186 g/mol. The molecule has 1 aliphatic rings. The molecule has 0 amide bonds. The van der Waals surface area contributed by atoms with Gasteiger partial charge in [0.05, 0.1) is 7.11 Å². The smallest absolute Gasteiger partial charge is 0.123 e. The summed E-state index contributed by atoms with van der Waals surface area (Å²) in [6.07, 6.45) is 3.58. The predicted molar refractivity (Wildman–Crippen MR) is 62.3 cm³/mol. The van der Waals surface area contributed by atoms with Gasteiger partial charge in [-0.05, 0) is 37.4 Å². The summed E-state index contributed by atoms with van der Waals surface area (Å²) in [4.78, 5) is 0. The Kier molecular flexibility index (Phi) is 3.27. The second-order valence-electron chi connectivity index (χ2n) is 4.08. The summed E-state index contributed by atoms with van der Waals surface area (Å²) >= 11 is 0. The Morgan fingerprint density at radius 3 is 2.93 bits per heavy atom. The van der Waals surface area contributed by atoms with E-state index in [9.17, 15) is 0 Å². The van der Waals surface area contributed by atoms with Crippen LogP contribution in [0.4, 0.5) is 0 Å². The second kappa shape index (κ2) is 4.67. The molecule has 0 aliphatic carbocycles. The van der Waals surface area contributed by atoms with Crippen molar-refractivity contribution < 1.29 is 4.74 Å². The first-order valence-corrected chi connectivity index (χ1v) is 5.75. The summed E-state index contributed by atoms with van der Waals surface area (Å²) in [5.74, 6) is 1.02. The number of rotatable bonds is 3. The Morgan fingerprint density at radius 1 is 1.47 bits per heavy atom. The molecule has 0 bridgehead atoms. The normalized spacial score (nSPS) is 20.5.